The molecular formula is C17H19KN4O2. The summed E-state index contributed by atoms with van der Waals surface area (Å²) < 4.78 is 3.25. The maximum Gasteiger partial charge on any atom is 1.00 e. The van der Waals surface area contributed by atoms with Crippen LogP contribution >= 0.6 is 0 Å². The molecule has 6 nitrogen and oxygen atoms in total. The molecule has 0 aliphatic rings. The summed E-state index contributed by atoms with van der Waals surface area (Å²) in [5.74, 6) is 0.519. The van der Waals surface area contributed by atoms with Crippen molar-refractivity contribution in [1.29, 1.82) is 0 Å². The van der Waals surface area contributed by atoms with Gasteiger partial charge in [0, 0.05) is 6.54 Å². The smallest absolute Gasteiger partial charge is 0.389 e. The average molecular weight is 350 g/mol. The van der Waals surface area contributed by atoms with Gasteiger partial charge in [0.1, 0.15) is 5.52 Å². The summed E-state index contributed by atoms with van der Waals surface area (Å²) in [6.45, 7) is 5.29. The molecule has 0 amide bonds. The van der Waals surface area contributed by atoms with Crippen LogP contribution in [0.15, 0.2) is 46.2 Å². The second-order valence-corrected chi connectivity index (χ2v) is 6.06. The standard InChI is InChI=1S/C17H20N4O2.K/c1-12(2)8-9-20-11-18-15-14(20)16(22)19-17(23)21(15)10-13-6-4-3-5-7-13;/h3-7,11-12H,8-10H2,1-2H3,(H,19,22,23);/q;+1/p-1. The SMILES string of the molecule is CC(C)CCn1cnc2c1c(=O)[n-]c(=O)n2Cc1ccccc1.[K+]. The van der Waals surface area contributed by atoms with Crippen LogP contribution in [0.5, 0.6) is 0 Å². The Morgan fingerprint density at radius 2 is 1.88 bits per heavy atom. The molecule has 24 heavy (non-hydrogen) atoms. The molecule has 1 aromatic carbocycles. The van der Waals surface area contributed by atoms with Crippen molar-refractivity contribution >= 4 is 11.2 Å². The van der Waals surface area contributed by atoms with Crippen LogP contribution in [0, 0.1) is 5.92 Å². The Morgan fingerprint density at radius 1 is 1.17 bits per heavy atom. The van der Waals surface area contributed by atoms with Crippen molar-refractivity contribution in [2.45, 2.75) is 33.4 Å². The molecule has 120 valence electrons. The Labute approximate surface area is 182 Å². The first-order valence-electron chi connectivity index (χ1n) is 7.73. The molecule has 2 heterocycles. The summed E-state index contributed by atoms with van der Waals surface area (Å²) in [7, 11) is 0. The van der Waals surface area contributed by atoms with E-state index >= 15 is 0 Å². The summed E-state index contributed by atoms with van der Waals surface area (Å²) >= 11 is 0. The topological polar surface area (TPSA) is 71.0 Å². The molecule has 0 atom stereocenters. The Kier molecular flexibility index (Phi) is 6.76. The average Bonchev–Trinajstić information content (AvgIpc) is 2.95. The van der Waals surface area contributed by atoms with Crippen LogP contribution in [-0.2, 0) is 13.1 Å². The monoisotopic (exact) mass is 350 g/mol. The fourth-order valence-corrected chi connectivity index (χ4v) is 2.55. The number of imidazole rings is 1. The van der Waals surface area contributed by atoms with Crippen LogP contribution in [0.4, 0.5) is 0 Å². The quantitative estimate of drug-likeness (QED) is 0.532. The Balaban J connectivity index is 0.00000208. The molecule has 3 aromatic rings. The third-order valence-electron chi connectivity index (χ3n) is 3.84. The van der Waals surface area contributed by atoms with E-state index in [0.29, 0.717) is 30.2 Å². The largest absolute Gasteiger partial charge is 1.00 e. The molecule has 0 saturated heterocycles. The molecule has 0 aliphatic heterocycles. The molecule has 0 bridgehead atoms. The first kappa shape index (κ1) is 19.3. The predicted octanol–water partition coefficient (Wildman–Crippen LogP) is -1.39. The molecule has 0 N–H and O–H groups in total. The van der Waals surface area contributed by atoms with E-state index in [9.17, 15) is 9.59 Å². The molecule has 0 spiro atoms. The molecule has 0 unspecified atom stereocenters. The Morgan fingerprint density at radius 3 is 2.54 bits per heavy atom. The van der Waals surface area contributed by atoms with Gasteiger partial charge < -0.3 is 14.1 Å². The van der Waals surface area contributed by atoms with Gasteiger partial charge in [-0.05, 0) is 24.4 Å². The zero-order valence-corrected chi connectivity index (χ0v) is 17.4. The van der Waals surface area contributed by atoms with Crippen molar-refractivity contribution in [3.05, 3.63) is 63.1 Å². The zero-order chi connectivity index (χ0) is 16.4. The van der Waals surface area contributed by atoms with Crippen molar-refractivity contribution in [2.75, 3.05) is 0 Å². The van der Waals surface area contributed by atoms with E-state index in [1.165, 1.54) is 4.57 Å². The van der Waals surface area contributed by atoms with Crippen molar-refractivity contribution < 1.29 is 51.4 Å². The molecule has 0 aliphatic carbocycles. The fraction of sp³-hybridized carbons (Fsp3) is 0.353. The van der Waals surface area contributed by atoms with E-state index in [-0.39, 0.29) is 51.4 Å². The van der Waals surface area contributed by atoms with Gasteiger partial charge in [0.25, 0.3) is 0 Å². The van der Waals surface area contributed by atoms with Gasteiger partial charge in [0.15, 0.2) is 11.2 Å². The van der Waals surface area contributed by atoms with E-state index in [1.54, 1.807) is 10.9 Å². The van der Waals surface area contributed by atoms with Crippen LogP contribution in [0.25, 0.3) is 11.2 Å². The number of fused-ring (bicyclic) bond motifs is 1. The summed E-state index contributed by atoms with van der Waals surface area (Å²) in [6.07, 6.45) is 2.56. The minimum atomic E-state index is -0.555. The van der Waals surface area contributed by atoms with Crippen molar-refractivity contribution in [3.8, 4) is 0 Å². The first-order chi connectivity index (χ1) is 11.1. The number of benzene rings is 1. The van der Waals surface area contributed by atoms with Crippen molar-refractivity contribution in [1.82, 2.24) is 19.1 Å². The summed E-state index contributed by atoms with van der Waals surface area (Å²) in [5, 5.41) is 0. The summed E-state index contributed by atoms with van der Waals surface area (Å²) in [6, 6.07) is 9.60. The molecule has 7 heteroatoms. The van der Waals surface area contributed by atoms with Gasteiger partial charge in [0.2, 0.25) is 0 Å². The second kappa shape index (κ2) is 8.40. The van der Waals surface area contributed by atoms with Gasteiger partial charge in [-0.15, -0.1) is 0 Å². The molecule has 2 aromatic heterocycles. The van der Waals surface area contributed by atoms with Crippen LogP contribution in [0.1, 0.15) is 25.8 Å². The normalized spacial score (nSPS) is 11.0. The molecule has 3 rings (SSSR count). The first-order valence-corrected chi connectivity index (χ1v) is 7.73. The Bertz CT molecular complexity index is 925. The maximum absolute atomic E-state index is 12.1. The number of rotatable bonds is 5. The number of nitrogens with zero attached hydrogens (tertiary/aromatic N) is 4. The van der Waals surface area contributed by atoms with Gasteiger partial charge in [-0.3, -0.25) is 9.59 Å². The van der Waals surface area contributed by atoms with E-state index in [0.717, 1.165) is 12.0 Å². The van der Waals surface area contributed by atoms with Crippen LogP contribution in [-0.4, -0.2) is 14.1 Å². The molecular weight excluding hydrogens is 331 g/mol. The molecule has 0 radical (unpaired) electrons. The van der Waals surface area contributed by atoms with E-state index in [2.05, 4.69) is 23.8 Å². The van der Waals surface area contributed by atoms with Crippen LogP contribution < -0.4 is 67.6 Å². The Hall–Kier alpha value is -0.994. The van der Waals surface area contributed by atoms with Crippen LogP contribution in [0.3, 0.4) is 0 Å². The number of hydrogen-bond acceptors (Lipinski definition) is 3. The van der Waals surface area contributed by atoms with Gasteiger partial charge in [-0.2, -0.15) is 0 Å². The molecule has 0 fully saturated rings. The number of aromatic nitrogens is 4. The number of aryl methyl sites for hydroxylation is 1. The van der Waals surface area contributed by atoms with Gasteiger partial charge >= 0.3 is 51.4 Å². The van der Waals surface area contributed by atoms with Gasteiger partial charge in [-0.1, -0.05) is 44.2 Å². The second-order valence-electron chi connectivity index (χ2n) is 6.06. The van der Waals surface area contributed by atoms with Crippen LogP contribution in [0.2, 0.25) is 0 Å². The van der Waals surface area contributed by atoms with Crippen molar-refractivity contribution in [2.24, 2.45) is 5.92 Å². The van der Waals surface area contributed by atoms with Gasteiger partial charge in [-0.25, -0.2) is 4.98 Å². The predicted molar refractivity (Wildman–Crippen MR) is 88.6 cm³/mol. The van der Waals surface area contributed by atoms with E-state index in [4.69, 9.17) is 0 Å². The summed E-state index contributed by atoms with van der Waals surface area (Å²) in [5.41, 5.74) is 0.716. The zero-order valence-electron chi connectivity index (χ0n) is 14.3. The third-order valence-corrected chi connectivity index (χ3v) is 3.84. The summed E-state index contributed by atoms with van der Waals surface area (Å²) in [4.78, 5) is 32.2. The number of hydrogen-bond donors (Lipinski definition) is 0. The van der Waals surface area contributed by atoms with E-state index < -0.39 is 11.2 Å². The minimum absolute atomic E-state index is 0. The van der Waals surface area contributed by atoms with Gasteiger partial charge in [0.05, 0.1) is 12.0 Å². The van der Waals surface area contributed by atoms with Crippen molar-refractivity contribution in [3.63, 3.8) is 0 Å². The third kappa shape index (κ3) is 4.15. The van der Waals surface area contributed by atoms with E-state index in [1.807, 2.05) is 30.3 Å². The maximum atomic E-state index is 12.1. The fourth-order valence-electron chi connectivity index (χ4n) is 2.55. The molecule has 0 saturated carbocycles. The minimum Gasteiger partial charge on any atom is -0.389 e.